The summed E-state index contributed by atoms with van der Waals surface area (Å²) in [5, 5.41) is 22.7. The van der Waals surface area contributed by atoms with Crippen molar-refractivity contribution in [3.8, 4) is 11.5 Å². The van der Waals surface area contributed by atoms with Crippen molar-refractivity contribution in [2.45, 2.75) is 133 Å². The van der Waals surface area contributed by atoms with Crippen LogP contribution in [0.15, 0.2) is 75.1 Å². The Kier molecular flexibility index (Phi) is 14.5. The Balaban J connectivity index is 1.44. The van der Waals surface area contributed by atoms with E-state index in [1.54, 1.807) is 19.1 Å². The predicted molar refractivity (Wildman–Crippen MR) is 244 cm³/mol. The number of carboxylic acids is 1. The monoisotopic (exact) mass is 907 g/mol. The SMILES string of the molecule is Cc1ccc(S(=O)(=O)O)cc1C(C)(C)C(/C=C/C=C1/N(CCCCCC(=O)O)c2ccc(S(=O)(=O)O)cc2C1(C)C)=N/CCCNC(=O)C1(C)CCc2c(C)c(O)c(C)c(C)c2O1. The molecule has 3 aromatic rings. The number of aliphatic imine (C=N–C) groups is 1. The zero-order chi connectivity index (χ0) is 46.9. The Bertz CT molecular complexity index is 2610. The first-order valence-corrected chi connectivity index (χ1v) is 24.0. The maximum Gasteiger partial charge on any atom is 0.303 e. The molecule has 63 heavy (non-hydrogen) atoms. The lowest BCUT2D eigenvalue weighted by atomic mass is 9.77. The highest BCUT2D eigenvalue weighted by atomic mass is 32.2. The number of fused-ring (bicyclic) bond motifs is 2. The van der Waals surface area contributed by atoms with Gasteiger partial charge in [0, 0.05) is 66.0 Å². The highest BCUT2D eigenvalue weighted by Gasteiger charge is 2.42. The van der Waals surface area contributed by atoms with Gasteiger partial charge in [0.2, 0.25) is 0 Å². The van der Waals surface area contributed by atoms with Crippen LogP contribution in [0.25, 0.3) is 0 Å². The van der Waals surface area contributed by atoms with Crippen LogP contribution in [0.2, 0.25) is 0 Å². The fraction of sp³-hybridized carbons (Fsp3) is 0.468. The van der Waals surface area contributed by atoms with Crippen LogP contribution in [0.3, 0.4) is 0 Å². The number of hydrogen-bond donors (Lipinski definition) is 5. The van der Waals surface area contributed by atoms with Crippen LogP contribution in [0, 0.1) is 27.7 Å². The highest BCUT2D eigenvalue weighted by Crippen LogP contribution is 2.49. The van der Waals surface area contributed by atoms with Crippen molar-refractivity contribution in [2.24, 2.45) is 4.99 Å². The molecule has 2 aliphatic rings. The number of carbonyl (C=O) groups excluding carboxylic acids is 1. The zero-order valence-electron chi connectivity index (χ0n) is 37.6. The fourth-order valence-corrected chi connectivity index (χ4v) is 9.63. The Morgan fingerprint density at radius 2 is 1.56 bits per heavy atom. The molecule has 14 nitrogen and oxygen atoms in total. The number of aryl methyl sites for hydroxylation is 1. The molecule has 0 fully saturated rings. The first kappa shape index (κ1) is 49.0. The maximum absolute atomic E-state index is 13.6. The van der Waals surface area contributed by atoms with Crippen LogP contribution in [0.1, 0.15) is 112 Å². The van der Waals surface area contributed by atoms with Crippen molar-refractivity contribution in [3.05, 3.63) is 99.3 Å². The predicted octanol–water partition coefficient (Wildman–Crippen LogP) is 8.01. The number of rotatable bonds is 17. The number of anilines is 1. The summed E-state index contributed by atoms with van der Waals surface area (Å²) < 4.78 is 75.0. The van der Waals surface area contributed by atoms with E-state index < -0.39 is 42.6 Å². The molecule has 5 N–H and O–H groups in total. The molecule has 5 rings (SSSR count). The topological polar surface area (TPSA) is 220 Å². The van der Waals surface area contributed by atoms with E-state index in [4.69, 9.17) is 14.8 Å². The van der Waals surface area contributed by atoms with Gasteiger partial charge < -0.3 is 25.2 Å². The van der Waals surface area contributed by atoms with Gasteiger partial charge in [-0.2, -0.15) is 16.8 Å². The van der Waals surface area contributed by atoms with Gasteiger partial charge in [-0.15, -0.1) is 0 Å². The first-order valence-electron chi connectivity index (χ1n) is 21.1. The Hall–Kier alpha value is -5.03. The number of aliphatic carboxylic acids is 1. The smallest absolute Gasteiger partial charge is 0.303 e. The average Bonchev–Trinajstić information content (AvgIpc) is 3.41. The molecule has 2 aliphatic heterocycles. The number of amides is 1. The second-order valence-electron chi connectivity index (χ2n) is 17.9. The number of phenols is 1. The third-order valence-corrected chi connectivity index (χ3v) is 14.4. The normalized spacial score (nSPS) is 18.4. The first-order chi connectivity index (χ1) is 29.2. The summed E-state index contributed by atoms with van der Waals surface area (Å²) in [4.78, 5) is 31.4. The number of phenolic OH excluding ortho intramolecular Hbond substituents is 1. The zero-order valence-corrected chi connectivity index (χ0v) is 39.3. The van der Waals surface area contributed by atoms with Crippen LogP contribution >= 0.6 is 0 Å². The van der Waals surface area contributed by atoms with Crippen LogP contribution in [0.4, 0.5) is 5.69 Å². The molecule has 1 amide bonds. The van der Waals surface area contributed by atoms with Crippen LogP contribution < -0.4 is 15.0 Å². The quantitative estimate of drug-likeness (QED) is 0.0494. The molecule has 0 saturated heterocycles. The molecule has 0 aliphatic carbocycles. The van der Waals surface area contributed by atoms with E-state index >= 15 is 0 Å². The van der Waals surface area contributed by atoms with Gasteiger partial charge in [0.25, 0.3) is 26.1 Å². The number of aromatic hydroxyl groups is 1. The molecular weight excluding hydrogens is 847 g/mol. The van der Waals surface area contributed by atoms with Crippen molar-refractivity contribution in [1.82, 2.24) is 5.32 Å². The van der Waals surface area contributed by atoms with Crippen molar-refractivity contribution < 1.29 is 50.5 Å². The molecule has 1 unspecified atom stereocenters. The van der Waals surface area contributed by atoms with E-state index in [1.165, 1.54) is 24.3 Å². The van der Waals surface area contributed by atoms with Gasteiger partial charge in [0.1, 0.15) is 11.5 Å². The standard InChI is InChI=1S/C47H61N3O11S2/c1-29-18-19-33(62(55,56)57)27-36(29)45(5,6)39(48-24-14-25-49-44(54)47(9)23-22-35-32(4)42(53)30(2)31(3)43(35)61-47)15-13-16-40-46(7,8)37-28-34(63(58,59)60)20-21-38(37)50(40)26-12-10-11-17-41(51)52/h13,15-16,18-21,27-28,53H,10-12,14,17,22-26H2,1-9H3,(H,49,54)(H,51,52)(H,55,56,57)(H,58,59,60)/b15-13+,40-16+,48-39+. The maximum atomic E-state index is 13.6. The molecule has 0 saturated carbocycles. The summed E-state index contributed by atoms with van der Waals surface area (Å²) in [6.07, 6.45) is 8.90. The number of unbranched alkanes of at least 4 members (excludes halogenated alkanes) is 2. The van der Waals surface area contributed by atoms with E-state index in [9.17, 15) is 40.6 Å². The van der Waals surface area contributed by atoms with E-state index in [0.29, 0.717) is 79.8 Å². The van der Waals surface area contributed by atoms with Gasteiger partial charge in [-0.25, -0.2) is 0 Å². The molecule has 342 valence electrons. The average molecular weight is 908 g/mol. The van der Waals surface area contributed by atoms with E-state index in [-0.39, 0.29) is 34.4 Å². The lowest BCUT2D eigenvalue weighted by molar-refractivity contribution is -0.137. The summed E-state index contributed by atoms with van der Waals surface area (Å²) in [5.41, 5.74) is 4.65. The van der Waals surface area contributed by atoms with Gasteiger partial charge in [0.05, 0.1) is 9.79 Å². The summed E-state index contributed by atoms with van der Waals surface area (Å²) in [7, 11) is -9.00. The number of ether oxygens (including phenoxy) is 1. The Morgan fingerprint density at radius 3 is 2.21 bits per heavy atom. The molecule has 0 bridgehead atoms. The minimum absolute atomic E-state index is 0.0525. The number of nitrogens with zero attached hydrogens (tertiary/aromatic N) is 2. The number of carboxylic acid groups (broad SMARTS) is 1. The van der Waals surface area contributed by atoms with Crippen molar-refractivity contribution in [1.29, 1.82) is 0 Å². The van der Waals surface area contributed by atoms with Crippen molar-refractivity contribution in [2.75, 3.05) is 24.5 Å². The number of benzene rings is 3. The summed E-state index contributed by atoms with van der Waals surface area (Å²) in [6, 6.07) is 8.91. The number of carbonyl (C=O) groups is 2. The number of nitrogens with one attached hydrogen (secondary N) is 1. The molecule has 16 heteroatoms. The van der Waals surface area contributed by atoms with Crippen LogP contribution in [-0.4, -0.2) is 79.0 Å². The number of hydrogen-bond acceptors (Lipinski definition) is 10. The van der Waals surface area contributed by atoms with Crippen LogP contribution in [-0.2, 0) is 47.1 Å². The van der Waals surface area contributed by atoms with Gasteiger partial charge in [-0.1, -0.05) is 46.3 Å². The van der Waals surface area contributed by atoms with Gasteiger partial charge >= 0.3 is 5.97 Å². The minimum atomic E-state index is -4.52. The third kappa shape index (κ3) is 10.5. The molecule has 0 spiro atoms. The van der Waals surface area contributed by atoms with Gasteiger partial charge in [-0.05, 0) is 136 Å². The molecule has 0 radical (unpaired) electrons. The lowest BCUT2D eigenvalue weighted by Gasteiger charge is -2.36. The third-order valence-electron chi connectivity index (χ3n) is 12.7. The van der Waals surface area contributed by atoms with E-state index in [1.807, 2.05) is 73.6 Å². The van der Waals surface area contributed by atoms with Gasteiger partial charge in [0.15, 0.2) is 5.60 Å². The van der Waals surface area contributed by atoms with Crippen molar-refractivity contribution in [3.63, 3.8) is 0 Å². The molecular formula is C47H61N3O11S2. The van der Waals surface area contributed by atoms with E-state index in [2.05, 4.69) is 10.2 Å². The molecule has 3 aromatic carbocycles. The molecule has 2 heterocycles. The second kappa shape index (κ2) is 18.6. The molecule has 0 aromatic heterocycles. The second-order valence-corrected chi connectivity index (χ2v) is 20.7. The molecule has 1 atom stereocenters. The highest BCUT2D eigenvalue weighted by molar-refractivity contribution is 7.86. The Morgan fingerprint density at radius 1 is 0.905 bits per heavy atom. The summed E-state index contributed by atoms with van der Waals surface area (Å²) >= 11 is 0. The minimum Gasteiger partial charge on any atom is -0.507 e. The fourth-order valence-electron chi connectivity index (χ4n) is 8.62. The summed E-state index contributed by atoms with van der Waals surface area (Å²) in [5.74, 6) is -0.258. The lowest BCUT2D eigenvalue weighted by Crippen LogP contribution is -2.51. The van der Waals surface area contributed by atoms with Crippen LogP contribution in [0.5, 0.6) is 11.5 Å². The summed E-state index contributed by atoms with van der Waals surface area (Å²) in [6.45, 7) is 18.0. The van der Waals surface area contributed by atoms with E-state index in [0.717, 1.165) is 33.6 Å². The largest absolute Gasteiger partial charge is 0.507 e. The van der Waals surface area contributed by atoms with Gasteiger partial charge in [-0.3, -0.25) is 23.7 Å². The van der Waals surface area contributed by atoms with Crippen molar-refractivity contribution >= 4 is 43.5 Å². The number of allylic oxidation sites excluding steroid dienone is 4. The Labute approximate surface area is 371 Å².